The van der Waals surface area contributed by atoms with Crippen LogP contribution in [-0.2, 0) is 13.9 Å². The SMILES string of the molecule is COc1c(N2CCNC(C)C2)c(F)c(NC(=O)OC(C)(P(=O)(O)O)P(=O)(O)O)c2c(=O)c(C(=O)O)cn(C3CC3)c12. The molecule has 1 atom stereocenters. The highest BCUT2D eigenvalue weighted by atomic mass is 31.2. The summed E-state index contributed by atoms with van der Waals surface area (Å²) in [6, 6.07) is -0.421. The molecule has 1 aliphatic carbocycles. The number of carboxylic acid groups (broad SMARTS) is 1. The van der Waals surface area contributed by atoms with E-state index in [-0.39, 0.29) is 42.1 Å². The summed E-state index contributed by atoms with van der Waals surface area (Å²) >= 11 is 0. The molecule has 1 aliphatic heterocycles. The van der Waals surface area contributed by atoms with Gasteiger partial charge >= 0.3 is 32.3 Å². The number of nitrogens with zero attached hydrogens (tertiary/aromatic N) is 2. The first kappa shape index (κ1) is 30.9. The number of fused-ring (bicyclic) bond motifs is 1. The Balaban J connectivity index is 2.03. The third kappa shape index (κ3) is 5.46. The van der Waals surface area contributed by atoms with Gasteiger partial charge in [0.15, 0.2) is 11.6 Å². The van der Waals surface area contributed by atoms with Crippen molar-refractivity contribution >= 4 is 49.5 Å². The largest absolute Gasteiger partial charge is 0.492 e. The number of aromatic carboxylic acids is 1. The van der Waals surface area contributed by atoms with Crippen LogP contribution in [0.5, 0.6) is 5.75 Å². The second kappa shape index (κ2) is 10.7. The molecule has 226 valence electrons. The van der Waals surface area contributed by atoms with Crippen molar-refractivity contribution in [1.29, 1.82) is 0 Å². The van der Waals surface area contributed by atoms with Gasteiger partial charge in [-0.3, -0.25) is 19.2 Å². The number of methoxy groups -OCH3 is 1. The number of benzene rings is 1. The fourth-order valence-corrected chi connectivity index (χ4v) is 6.41. The molecule has 7 N–H and O–H groups in total. The zero-order chi connectivity index (χ0) is 30.7. The summed E-state index contributed by atoms with van der Waals surface area (Å²) in [7, 11) is -10.5. The fraction of sp³-hybridized carbons (Fsp3) is 0.500. The zero-order valence-electron chi connectivity index (χ0n) is 22.0. The van der Waals surface area contributed by atoms with Gasteiger partial charge < -0.3 is 48.9 Å². The molecule has 2 fully saturated rings. The van der Waals surface area contributed by atoms with Crippen molar-refractivity contribution in [1.82, 2.24) is 9.88 Å². The molecule has 2 heterocycles. The Bertz CT molecular complexity index is 1560. The van der Waals surface area contributed by atoms with Crippen molar-refractivity contribution in [3.05, 3.63) is 27.8 Å². The maximum atomic E-state index is 16.5. The second-order valence-electron chi connectivity index (χ2n) is 9.95. The Hall–Kier alpha value is -3.04. The molecule has 41 heavy (non-hydrogen) atoms. The maximum absolute atomic E-state index is 16.5. The quantitative estimate of drug-likeness (QED) is 0.207. The van der Waals surface area contributed by atoms with Crippen molar-refractivity contribution in [2.24, 2.45) is 0 Å². The molecule has 1 unspecified atom stereocenters. The highest BCUT2D eigenvalue weighted by molar-refractivity contribution is 7.72. The van der Waals surface area contributed by atoms with Crippen LogP contribution in [0.15, 0.2) is 11.0 Å². The molecule has 1 aromatic heterocycles. The number of rotatable bonds is 8. The van der Waals surface area contributed by atoms with Crippen LogP contribution in [0.2, 0.25) is 0 Å². The summed E-state index contributed by atoms with van der Waals surface area (Å²) < 4.78 is 51.8. The van der Waals surface area contributed by atoms with E-state index in [4.69, 9.17) is 4.74 Å². The Morgan fingerprint density at radius 2 is 1.80 bits per heavy atom. The monoisotopic (exact) mass is 622 g/mol. The standard InChI is InChI=1S/C22H29FN4O12P2/c1-10-8-26(7-6-24-10)17-14(23)15(25-21(31)39-22(2,40(32,33)34)41(35,36)37)13-16(19(17)38-3)27(11-4-5-11)9-12(18(13)28)20(29)30/h9-11,24H,4-8H2,1-3H3,(H,25,31)(H,29,30)(H2,32,33,34)(H2,35,36,37). The number of pyridine rings is 1. The van der Waals surface area contributed by atoms with E-state index in [1.807, 2.05) is 12.2 Å². The van der Waals surface area contributed by atoms with Gasteiger partial charge in [0.1, 0.15) is 11.3 Å². The van der Waals surface area contributed by atoms with Gasteiger partial charge in [-0.05, 0) is 26.7 Å². The smallest absolute Gasteiger partial charge is 0.413 e. The predicted molar refractivity (Wildman–Crippen MR) is 142 cm³/mol. The van der Waals surface area contributed by atoms with E-state index in [0.717, 1.165) is 6.20 Å². The topological polar surface area (TPSA) is 237 Å². The van der Waals surface area contributed by atoms with Crippen LogP contribution >= 0.6 is 15.2 Å². The molecule has 1 aromatic carbocycles. The van der Waals surface area contributed by atoms with Gasteiger partial charge in [-0.25, -0.2) is 14.0 Å². The Morgan fingerprint density at radius 3 is 2.29 bits per heavy atom. The fourth-order valence-electron chi connectivity index (χ4n) is 4.65. The lowest BCUT2D eigenvalue weighted by Crippen LogP contribution is -2.49. The molecule has 1 saturated carbocycles. The number of hydrogen-bond acceptors (Lipinski definition) is 9. The summed E-state index contributed by atoms with van der Waals surface area (Å²) in [5.74, 6) is -3.03. The molecule has 2 aromatic rings. The van der Waals surface area contributed by atoms with E-state index in [1.165, 1.54) is 11.7 Å². The number of ether oxygens (including phenoxy) is 2. The highest BCUT2D eigenvalue weighted by Crippen LogP contribution is 2.69. The summed E-state index contributed by atoms with van der Waals surface area (Å²) in [5.41, 5.74) is -3.16. The first-order valence-electron chi connectivity index (χ1n) is 12.2. The Labute approximate surface area is 231 Å². The van der Waals surface area contributed by atoms with Crippen molar-refractivity contribution in [2.45, 2.75) is 43.9 Å². The first-order valence-corrected chi connectivity index (χ1v) is 15.5. The average molecular weight is 622 g/mol. The number of hydrogen-bond donors (Lipinski definition) is 7. The normalized spacial score (nSPS) is 18.3. The summed E-state index contributed by atoms with van der Waals surface area (Å²) in [4.78, 5) is 78.1. The molecule has 0 bridgehead atoms. The minimum Gasteiger partial charge on any atom is -0.492 e. The average Bonchev–Trinajstić information content (AvgIpc) is 3.69. The maximum Gasteiger partial charge on any atom is 0.413 e. The van der Waals surface area contributed by atoms with E-state index in [2.05, 4.69) is 10.1 Å². The number of halogens is 1. The van der Waals surface area contributed by atoms with Crippen LogP contribution in [0, 0.1) is 5.82 Å². The van der Waals surface area contributed by atoms with Gasteiger partial charge in [-0.15, -0.1) is 0 Å². The molecule has 0 spiro atoms. The number of carbonyl (C=O) groups excluding carboxylic acids is 1. The van der Waals surface area contributed by atoms with Gasteiger partial charge in [0, 0.05) is 37.9 Å². The number of nitrogens with one attached hydrogen (secondary N) is 2. The lowest BCUT2D eigenvalue weighted by Gasteiger charge is -2.35. The number of carboxylic acids is 1. The van der Waals surface area contributed by atoms with E-state index in [9.17, 15) is 48.2 Å². The molecule has 0 radical (unpaired) electrons. The molecular weight excluding hydrogens is 593 g/mol. The molecule has 1 amide bonds. The van der Waals surface area contributed by atoms with E-state index in [1.54, 1.807) is 4.90 Å². The van der Waals surface area contributed by atoms with Crippen LogP contribution in [0.25, 0.3) is 10.9 Å². The van der Waals surface area contributed by atoms with Crippen LogP contribution in [0.1, 0.15) is 43.1 Å². The highest BCUT2D eigenvalue weighted by Gasteiger charge is 2.60. The van der Waals surface area contributed by atoms with Gasteiger partial charge in [0.05, 0.1) is 23.7 Å². The van der Waals surface area contributed by atoms with Gasteiger partial charge in [-0.1, -0.05) is 0 Å². The minimum atomic E-state index is -5.84. The molecule has 4 rings (SSSR count). The summed E-state index contributed by atoms with van der Waals surface area (Å²) in [5, 5.41) is 10.4. The van der Waals surface area contributed by atoms with E-state index >= 15 is 4.39 Å². The lowest BCUT2D eigenvalue weighted by atomic mass is 10.0. The van der Waals surface area contributed by atoms with Gasteiger partial charge in [0.2, 0.25) is 5.43 Å². The summed E-state index contributed by atoms with van der Waals surface area (Å²) in [6.07, 6.45) is 0.342. The zero-order valence-corrected chi connectivity index (χ0v) is 23.8. The molecule has 2 aliphatic rings. The van der Waals surface area contributed by atoms with Crippen LogP contribution in [-0.4, -0.2) is 79.2 Å². The molecule has 19 heteroatoms. The second-order valence-corrected chi connectivity index (χ2v) is 14.2. The number of aromatic nitrogens is 1. The van der Waals surface area contributed by atoms with Gasteiger partial charge in [-0.2, -0.15) is 0 Å². The number of piperazine rings is 1. The van der Waals surface area contributed by atoms with Crippen molar-refractivity contribution < 1.29 is 57.3 Å². The minimum absolute atomic E-state index is 0.0596. The third-order valence-corrected chi connectivity index (χ3v) is 10.9. The Morgan fingerprint density at radius 1 is 1.20 bits per heavy atom. The van der Waals surface area contributed by atoms with E-state index in [0.29, 0.717) is 26.3 Å². The van der Waals surface area contributed by atoms with Gasteiger partial charge in [0.25, 0.3) is 0 Å². The molecule has 16 nitrogen and oxygen atoms in total. The number of amides is 1. The van der Waals surface area contributed by atoms with Crippen LogP contribution in [0.3, 0.4) is 0 Å². The van der Waals surface area contributed by atoms with Crippen LogP contribution in [0.4, 0.5) is 20.6 Å². The first-order chi connectivity index (χ1) is 18.9. The van der Waals surface area contributed by atoms with Crippen molar-refractivity contribution in [2.75, 3.05) is 37.0 Å². The predicted octanol–water partition coefficient (Wildman–Crippen LogP) is 1.56. The lowest BCUT2D eigenvalue weighted by molar-refractivity contribution is 0.0694. The van der Waals surface area contributed by atoms with Crippen molar-refractivity contribution in [3.63, 3.8) is 0 Å². The third-order valence-electron chi connectivity index (χ3n) is 7.00. The number of anilines is 2. The molecule has 1 saturated heterocycles. The van der Waals surface area contributed by atoms with E-state index < -0.39 is 60.2 Å². The number of carbonyl (C=O) groups is 2. The Kier molecular flexibility index (Phi) is 8.04. The molecular formula is C22H29FN4O12P2. The summed E-state index contributed by atoms with van der Waals surface area (Å²) in [6.45, 7) is 3.05. The van der Waals surface area contributed by atoms with Crippen molar-refractivity contribution in [3.8, 4) is 5.75 Å². The van der Waals surface area contributed by atoms with Crippen LogP contribution < -0.4 is 25.7 Å².